The second kappa shape index (κ2) is 12.9. The van der Waals surface area contributed by atoms with Gasteiger partial charge in [0, 0.05) is 37.6 Å². The first-order chi connectivity index (χ1) is 17.3. The van der Waals surface area contributed by atoms with Gasteiger partial charge < -0.3 is 20.8 Å². The molecule has 1 aromatic carbocycles. The molecule has 0 aliphatic carbocycles. The Kier molecular flexibility index (Phi) is 9.92. The number of rotatable bonds is 9. The van der Waals surface area contributed by atoms with Crippen LogP contribution in [0.25, 0.3) is 11.4 Å². The molecule has 1 saturated heterocycles. The van der Waals surface area contributed by atoms with Gasteiger partial charge in [-0.15, -0.1) is 0 Å². The van der Waals surface area contributed by atoms with E-state index in [-0.39, 0.29) is 43.0 Å². The predicted octanol–water partition coefficient (Wildman–Crippen LogP) is 4.09. The molecule has 2 aromatic heterocycles. The Morgan fingerprint density at radius 1 is 1.24 bits per heavy atom. The molecule has 0 amide bonds. The van der Waals surface area contributed by atoms with Gasteiger partial charge in [-0.3, -0.25) is 9.79 Å². The first kappa shape index (κ1) is 28.4. The van der Waals surface area contributed by atoms with Crippen LogP contribution in [-0.2, 0) is 4.28 Å². The highest BCUT2D eigenvalue weighted by atomic mass is 32.2. The van der Waals surface area contributed by atoms with Crippen molar-refractivity contribution in [1.82, 2.24) is 19.9 Å². The number of benzene rings is 1. The number of anilines is 3. The molecule has 3 heterocycles. The van der Waals surface area contributed by atoms with E-state index >= 15 is 0 Å². The Morgan fingerprint density at radius 2 is 2.00 bits per heavy atom. The van der Waals surface area contributed by atoms with Crippen molar-refractivity contribution in [2.24, 2.45) is 0 Å². The average molecular weight is 547 g/mol. The quantitative estimate of drug-likeness (QED) is 0.156. The van der Waals surface area contributed by atoms with Crippen molar-refractivity contribution in [2.75, 3.05) is 42.7 Å². The van der Waals surface area contributed by atoms with E-state index in [0.717, 1.165) is 18.0 Å². The summed E-state index contributed by atoms with van der Waals surface area (Å²) in [6.07, 6.45) is 0.402. The highest BCUT2D eigenvalue weighted by molar-refractivity contribution is 7.96. The number of aromatic nitrogens is 3. The zero-order chi connectivity index (χ0) is 25.7. The number of likely N-dealkylation sites (tertiary alicyclic amines) is 1. The number of nitrogens with zero attached hydrogens (tertiary/aromatic N) is 5. The van der Waals surface area contributed by atoms with Crippen LogP contribution in [0.4, 0.5) is 21.7 Å². The van der Waals surface area contributed by atoms with Gasteiger partial charge in [-0.2, -0.15) is 22.8 Å². The van der Waals surface area contributed by atoms with E-state index in [2.05, 4.69) is 20.4 Å². The summed E-state index contributed by atoms with van der Waals surface area (Å²) in [7, 11) is 3.72. The van der Waals surface area contributed by atoms with Crippen molar-refractivity contribution >= 4 is 48.8 Å². The lowest BCUT2D eigenvalue weighted by molar-refractivity contribution is 0.0286. The van der Waals surface area contributed by atoms with Crippen LogP contribution in [0.1, 0.15) is 18.9 Å². The number of alkyl halides is 1. The summed E-state index contributed by atoms with van der Waals surface area (Å²) < 4.78 is 27.8. The molecule has 4 N–H and O–H groups in total. The molecule has 0 radical (unpaired) electrons. The fourth-order valence-electron chi connectivity index (χ4n) is 3.72. The molecule has 13 heteroatoms. The van der Waals surface area contributed by atoms with E-state index in [1.165, 1.54) is 0 Å². The molecule has 3 aromatic rings. The number of nitrogens with two attached hydrogens (primary N) is 1. The molecular weight excluding hydrogens is 515 g/mol. The third kappa shape index (κ3) is 7.22. The maximum Gasteiger partial charge on any atom is 0.228 e. The van der Waals surface area contributed by atoms with Crippen LogP contribution < -0.4 is 20.3 Å². The molecule has 198 valence electrons. The summed E-state index contributed by atoms with van der Waals surface area (Å²) >= 11 is 1.10. The van der Waals surface area contributed by atoms with Crippen LogP contribution in [0.5, 0.6) is 5.88 Å². The van der Waals surface area contributed by atoms with Gasteiger partial charge in [-0.05, 0) is 56.8 Å². The number of nitrogen functional groups attached to an aromatic ring is 1. The predicted molar refractivity (Wildman–Crippen MR) is 151 cm³/mol. The highest BCUT2D eigenvalue weighted by Crippen LogP contribution is 2.30. The molecule has 1 aliphatic rings. The molecule has 10 nitrogen and oxygen atoms in total. The number of piperidine rings is 1. The molecule has 1 fully saturated rings. The Bertz CT molecular complexity index is 1190. The lowest BCUT2D eigenvalue weighted by Crippen LogP contribution is -2.45. The van der Waals surface area contributed by atoms with Gasteiger partial charge >= 0.3 is 0 Å². The van der Waals surface area contributed by atoms with Crippen LogP contribution >= 0.6 is 25.7 Å². The smallest absolute Gasteiger partial charge is 0.228 e. The van der Waals surface area contributed by atoms with Crippen LogP contribution in [0.15, 0.2) is 48.7 Å². The minimum Gasteiger partial charge on any atom is -0.471 e. The molecule has 4 rings (SSSR count). The Hall–Kier alpha value is -3.13. The summed E-state index contributed by atoms with van der Waals surface area (Å²) in [5.74, 6) is 1.33. The fourth-order valence-corrected chi connectivity index (χ4v) is 4.15. The topological polar surface area (TPSA) is 126 Å². The Balaban J connectivity index is 0.00000380. The third-order valence-electron chi connectivity index (χ3n) is 5.65. The maximum atomic E-state index is 14.6. The zero-order valence-corrected chi connectivity index (χ0v) is 22.6. The number of pyridine rings is 1. The number of nitrogens with one attached hydrogen (secondary N) is 2. The number of hydrogen-bond donors (Lipinski definition) is 3. The third-order valence-corrected chi connectivity index (χ3v) is 6.22. The largest absolute Gasteiger partial charge is 0.471 e. The molecule has 0 bridgehead atoms. The molecule has 0 spiro atoms. The van der Waals surface area contributed by atoms with Gasteiger partial charge in [0.2, 0.25) is 5.88 Å². The lowest BCUT2D eigenvalue weighted by Gasteiger charge is -2.32. The van der Waals surface area contributed by atoms with Gasteiger partial charge in [0.15, 0.2) is 5.82 Å². The standard InChI is InChI=1S/C24H29FN8O2S.H2S/c1-15(26)21-22(27)29-23(30-24(21)34-19-11-13-32(2)14-18(19)25)16-7-9-17(10-8-16)31-35-36-33(3)20-6-4-5-12-28-20;/h4-10,12,18-19,26,31H,11,13-14H2,1-3H3,(H2,27,29,30);1H2. The number of ether oxygens (including phenoxy) is 1. The summed E-state index contributed by atoms with van der Waals surface area (Å²) in [5, 5.41) is 8.10. The summed E-state index contributed by atoms with van der Waals surface area (Å²) in [4.78, 5) is 15.1. The van der Waals surface area contributed by atoms with Crippen LogP contribution in [-0.4, -0.2) is 65.0 Å². The normalized spacial score (nSPS) is 17.5. The summed E-state index contributed by atoms with van der Waals surface area (Å²) in [6.45, 7) is 2.57. The van der Waals surface area contributed by atoms with E-state index < -0.39 is 12.3 Å². The molecule has 37 heavy (non-hydrogen) atoms. The minimum atomic E-state index is -1.16. The maximum absolute atomic E-state index is 14.6. The summed E-state index contributed by atoms with van der Waals surface area (Å²) in [5.41, 5.74) is 10.9. The number of hydrogen-bond acceptors (Lipinski definition) is 11. The Morgan fingerprint density at radius 3 is 2.65 bits per heavy atom. The zero-order valence-electron chi connectivity index (χ0n) is 20.8. The van der Waals surface area contributed by atoms with E-state index in [1.807, 2.05) is 49.3 Å². The van der Waals surface area contributed by atoms with E-state index in [9.17, 15) is 4.39 Å². The van der Waals surface area contributed by atoms with Crippen molar-refractivity contribution in [3.63, 3.8) is 0 Å². The van der Waals surface area contributed by atoms with E-state index in [0.29, 0.717) is 30.0 Å². The molecule has 0 saturated carbocycles. The first-order valence-corrected chi connectivity index (χ1v) is 12.1. The van der Waals surface area contributed by atoms with E-state index in [1.54, 1.807) is 29.6 Å². The second-order valence-electron chi connectivity index (χ2n) is 8.48. The lowest BCUT2D eigenvalue weighted by atomic mass is 10.1. The van der Waals surface area contributed by atoms with Crippen molar-refractivity contribution in [1.29, 1.82) is 5.41 Å². The minimum absolute atomic E-state index is 0. The molecular formula is C24H31FN8O2S2. The van der Waals surface area contributed by atoms with Crippen LogP contribution in [0, 0.1) is 5.41 Å². The second-order valence-corrected chi connectivity index (χ2v) is 9.35. The monoisotopic (exact) mass is 546 g/mol. The molecule has 2 atom stereocenters. The van der Waals surface area contributed by atoms with E-state index in [4.69, 9.17) is 20.2 Å². The van der Waals surface area contributed by atoms with Crippen molar-refractivity contribution in [2.45, 2.75) is 25.6 Å². The summed E-state index contributed by atoms with van der Waals surface area (Å²) in [6, 6.07) is 12.9. The molecule has 2 unspecified atom stereocenters. The average Bonchev–Trinajstić information content (AvgIpc) is 2.86. The van der Waals surface area contributed by atoms with Gasteiger partial charge in [-0.25, -0.2) is 14.4 Å². The highest BCUT2D eigenvalue weighted by Gasteiger charge is 2.31. The van der Waals surface area contributed by atoms with Crippen LogP contribution in [0.2, 0.25) is 0 Å². The van der Waals surface area contributed by atoms with Gasteiger partial charge in [-0.1, -0.05) is 6.07 Å². The van der Waals surface area contributed by atoms with Crippen LogP contribution in [0.3, 0.4) is 0 Å². The van der Waals surface area contributed by atoms with Gasteiger partial charge in [0.1, 0.15) is 36.1 Å². The first-order valence-electron chi connectivity index (χ1n) is 11.4. The Labute approximate surface area is 227 Å². The fraction of sp³-hybridized carbons (Fsp3) is 0.333. The van der Waals surface area contributed by atoms with Crippen molar-refractivity contribution in [3.8, 4) is 17.3 Å². The van der Waals surface area contributed by atoms with Crippen molar-refractivity contribution < 1.29 is 13.4 Å². The SMILES string of the molecule is CC(=N)c1c(N)nc(-c2ccc(NOSN(C)c3ccccn3)cc2)nc1OC1CCN(C)CC1F.S. The van der Waals surface area contributed by atoms with Gasteiger partial charge in [0.05, 0.1) is 11.3 Å². The van der Waals surface area contributed by atoms with Gasteiger partial charge in [0.25, 0.3) is 0 Å². The number of halogens is 1. The van der Waals surface area contributed by atoms with Crippen molar-refractivity contribution in [3.05, 3.63) is 54.2 Å². The molecule has 1 aliphatic heterocycles.